The van der Waals surface area contributed by atoms with Gasteiger partial charge in [0.1, 0.15) is 0 Å². The van der Waals surface area contributed by atoms with Gasteiger partial charge in [-0.1, -0.05) is 12.1 Å². The number of amides is 2. The molecule has 3 rings (SSSR count). The fraction of sp³-hybridized carbons (Fsp3) is 0.588. The van der Waals surface area contributed by atoms with Crippen LogP contribution < -0.4 is 11.1 Å². The second-order valence-corrected chi connectivity index (χ2v) is 6.63. The summed E-state index contributed by atoms with van der Waals surface area (Å²) in [5.74, 6) is 1.46. The summed E-state index contributed by atoms with van der Waals surface area (Å²) in [6, 6.07) is 7.89. The van der Waals surface area contributed by atoms with E-state index in [1.165, 1.54) is 25.7 Å². The fourth-order valence-corrected chi connectivity index (χ4v) is 2.54. The maximum atomic E-state index is 12.4. The lowest BCUT2D eigenvalue weighted by Crippen LogP contribution is -2.38. The van der Waals surface area contributed by atoms with Gasteiger partial charge in [0.15, 0.2) is 0 Å². The maximum absolute atomic E-state index is 12.4. The molecule has 1 aromatic carbocycles. The maximum Gasteiger partial charge on any atom is 0.321 e. The molecule has 0 spiro atoms. The molecule has 2 aliphatic rings. The second kappa shape index (κ2) is 6.06. The van der Waals surface area contributed by atoms with Gasteiger partial charge in [-0.25, -0.2) is 4.79 Å². The Morgan fingerprint density at radius 3 is 2.14 bits per heavy atom. The van der Waals surface area contributed by atoms with Crippen LogP contribution in [0.3, 0.4) is 0 Å². The molecule has 0 saturated heterocycles. The topological polar surface area (TPSA) is 58.4 Å². The molecule has 3 N–H and O–H groups in total. The summed E-state index contributed by atoms with van der Waals surface area (Å²) < 4.78 is 0. The van der Waals surface area contributed by atoms with Gasteiger partial charge in [0.2, 0.25) is 0 Å². The molecule has 21 heavy (non-hydrogen) atoms. The van der Waals surface area contributed by atoms with Gasteiger partial charge in [0, 0.05) is 24.8 Å². The normalized spacial score (nSPS) is 19.1. The Hall–Kier alpha value is -1.55. The van der Waals surface area contributed by atoms with Crippen LogP contribution in [0.25, 0.3) is 0 Å². The van der Waals surface area contributed by atoms with Crippen molar-refractivity contribution < 1.29 is 4.79 Å². The van der Waals surface area contributed by atoms with E-state index in [4.69, 9.17) is 5.73 Å². The van der Waals surface area contributed by atoms with E-state index in [1.807, 2.05) is 36.1 Å². The van der Waals surface area contributed by atoms with Gasteiger partial charge in [-0.2, -0.15) is 0 Å². The van der Waals surface area contributed by atoms with Crippen molar-refractivity contribution in [2.45, 2.75) is 38.6 Å². The number of nitrogens with zero attached hydrogens (tertiary/aromatic N) is 1. The summed E-state index contributed by atoms with van der Waals surface area (Å²) in [4.78, 5) is 14.5. The van der Waals surface area contributed by atoms with Crippen LogP contribution in [0.1, 0.15) is 44.2 Å². The van der Waals surface area contributed by atoms with E-state index in [-0.39, 0.29) is 12.1 Å². The van der Waals surface area contributed by atoms with E-state index < -0.39 is 0 Å². The highest BCUT2D eigenvalue weighted by atomic mass is 16.2. The third-order valence-electron chi connectivity index (χ3n) is 4.33. The van der Waals surface area contributed by atoms with E-state index in [0.717, 1.165) is 36.2 Å². The fourth-order valence-electron chi connectivity index (χ4n) is 2.54. The van der Waals surface area contributed by atoms with Gasteiger partial charge < -0.3 is 16.0 Å². The molecule has 0 aliphatic heterocycles. The van der Waals surface area contributed by atoms with E-state index in [1.54, 1.807) is 0 Å². The van der Waals surface area contributed by atoms with E-state index >= 15 is 0 Å². The Labute approximate surface area is 126 Å². The van der Waals surface area contributed by atoms with E-state index in [0.29, 0.717) is 0 Å². The van der Waals surface area contributed by atoms with Crippen LogP contribution >= 0.6 is 0 Å². The average Bonchev–Trinajstić information content (AvgIpc) is 3.34. The molecule has 0 heterocycles. The number of nitrogens with one attached hydrogen (secondary N) is 1. The van der Waals surface area contributed by atoms with Crippen molar-refractivity contribution in [2.24, 2.45) is 17.6 Å². The van der Waals surface area contributed by atoms with Crippen LogP contribution in [-0.4, -0.2) is 24.0 Å². The molecule has 0 radical (unpaired) electrons. The molecule has 2 aliphatic carbocycles. The lowest BCUT2D eigenvalue weighted by atomic mass is 10.1. The summed E-state index contributed by atoms with van der Waals surface area (Å²) in [6.45, 7) is 3.79. The SMILES string of the molecule is CC(N)c1ccc(NC(=O)N(CC2CC2)CC2CC2)cc1. The van der Waals surface area contributed by atoms with Gasteiger partial charge in [0.05, 0.1) is 0 Å². The van der Waals surface area contributed by atoms with Crippen LogP contribution in [0.5, 0.6) is 0 Å². The van der Waals surface area contributed by atoms with Crippen LogP contribution in [0.2, 0.25) is 0 Å². The molecule has 4 nitrogen and oxygen atoms in total. The highest BCUT2D eigenvalue weighted by molar-refractivity contribution is 5.89. The van der Waals surface area contributed by atoms with Crippen molar-refractivity contribution in [3.05, 3.63) is 29.8 Å². The standard InChI is InChI=1S/C17H25N3O/c1-12(18)15-6-8-16(9-7-15)19-17(21)20(10-13-2-3-13)11-14-4-5-14/h6-9,12-14H,2-5,10-11,18H2,1H3,(H,19,21). The van der Waals surface area contributed by atoms with Gasteiger partial charge in [0.25, 0.3) is 0 Å². The number of benzene rings is 1. The Morgan fingerprint density at radius 2 is 1.71 bits per heavy atom. The summed E-state index contributed by atoms with van der Waals surface area (Å²) in [6.07, 6.45) is 5.10. The Kier molecular flexibility index (Phi) is 4.15. The third-order valence-corrected chi connectivity index (χ3v) is 4.33. The van der Waals surface area contributed by atoms with Crippen molar-refractivity contribution >= 4 is 11.7 Å². The minimum atomic E-state index is 0.0241. The number of rotatable bonds is 6. The number of urea groups is 1. The van der Waals surface area contributed by atoms with Crippen LogP contribution in [-0.2, 0) is 0 Å². The molecule has 0 bridgehead atoms. The van der Waals surface area contributed by atoms with Crippen LogP contribution in [0, 0.1) is 11.8 Å². The van der Waals surface area contributed by atoms with Crippen molar-refractivity contribution in [1.82, 2.24) is 4.90 Å². The largest absolute Gasteiger partial charge is 0.324 e. The zero-order valence-corrected chi connectivity index (χ0v) is 12.7. The highest BCUT2D eigenvalue weighted by Gasteiger charge is 2.31. The number of carbonyl (C=O) groups is 1. The lowest BCUT2D eigenvalue weighted by Gasteiger charge is -2.23. The first-order chi connectivity index (χ1) is 10.1. The minimum absolute atomic E-state index is 0.0241. The van der Waals surface area contributed by atoms with Crippen LogP contribution in [0.4, 0.5) is 10.5 Å². The summed E-state index contributed by atoms with van der Waals surface area (Å²) in [5, 5.41) is 3.02. The summed E-state index contributed by atoms with van der Waals surface area (Å²) in [7, 11) is 0. The van der Waals surface area contributed by atoms with E-state index in [9.17, 15) is 4.79 Å². The molecular formula is C17H25N3O. The number of anilines is 1. The molecule has 2 saturated carbocycles. The zero-order chi connectivity index (χ0) is 14.8. The zero-order valence-electron chi connectivity index (χ0n) is 12.7. The van der Waals surface area contributed by atoms with Crippen molar-refractivity contribution in [3.63, 3.8) is 0 Å². The molecular weight excluding hydrogens is 262 g/mol. The van der Waals surface area contributed by atoms with Gasteiger partial charge in [-0.05, 0) is 62.1 Å². The Morgan fingerprint density at radius 1 is 1.19 bits per heavy atom. The summed E-state index contributed by atoms with van der Waals surface area (Å²) >= 11 is 0. The number of nitrogens with two attached hydrogens (primary N) is 1. The highest BCUT2D eigenvalue weighted by Crippen LogP contribution is 2.34. The van der Waals surface area contributed by atoms with Crippen molar-refractivity contribution in [1.29, 1.82) is 0 Å². The predicted molar refractivity (Wildman–Crippen MR) is 85.1 cm³/mol. The summed E-state index contributed by atoms with van der Waals surface area (Å²) in [5.41, 5.74) is 7.77. The van der Waals surface area contributed by atoms with Crippen molar-refractivity contribution in [2.75, 3.05) is 18.4 Å². The molecule has 1 aromatic rings. The van der Waals surface area contributed by atoms with Gasteiger partial charge >= 0.3 is 6.03 Å². The minimum Gasteiger partial charge on any atom is -0.324 e. The van der Waals surface area contributed by atoms with Gasteiger partial charge in [-0.15, -0.1) is 0 Å². The Bertz CT molecular complexity index is 475. The molecule has 2 fully saturated rings. The molecule has 1 atom stereocenters. The first-order valence-corrected chi connectivity index (χ1v) is 8.03. The molecule has 2 amide bonds. The first kappa shape index (κ1) is 14.4. The molecule has 0 aromatic heterocycles. The second-order valence-electron chi connectivity index (χ2n) is 6.63. The van der Waals surface area contributed by atoms with Gasteiger partial charge in [-0.3, -0.25) is 0 Å². The lowest BCUT2D eigenvalue weighted by molar-refractivity contribution is 0.206. The smallest absolute Gasteiger partial charge is 0.321 e. The van der Waals surface area contributed by atoms with Crippen LogP contribution in [0.15, 0.2) is 24.3 Å². The number of carbonyl (C=O) groups excluding carboxylic acids is 1. The molecule has 114 valence electrons. The average molecular weight is 287 g/mol. The predicted octanol–water partition coefficient (Wildman–Crippen LogP) is 3.36. The third kappa shape index (κ3) is 4.21. The number of hydrogen-bond donors (Lipinski definition) is 2. The van der Waals surface area contributed by atoms with Crippen molar-refractivity contribution in [3.8, 4) is 0 Å². The molecule has 4 heteroatoms. The Balaban J connectivity index is 1.59. The number of hydrogen-bond acceptors (Lipinski definition) is 2. The molecule has 1 unspecified atom stereocenters. The first-order valence-electron chi connectivity index (χ1n) is 8.03. The monoisotopic (exact) mass is 287 g/mol. The van der Waals surface area contributed by atoms with E-state index in [2.05, 4.69) is 5.32 Å². The quantitative estimate of drug-likeness (QED) is 0.843.